The monoisotopic (exact) mass is 322 g/mol. The highest BCUT2D eigenvalue weighted by Crippen LogP contribution is 2.27. The molecule has 2 heterocycles. The molecule has 0 aliphatic carbocycles. The Morgan fingerprint density at radius 2 is 2.00 bits per heavy atom. The number of pyridine rings is 1. The van der Waals surface area contributed by atoms with Crippen molar-refractivity contribution in [3.8, 4) is 5.75 Å². The Hall–Kier alpha value is -1.78. The van der Waals surface area contributed by atoms with Gasteiger partial charge in [0.05, 0.1) is 6.54 Å². The Bertz CT molecular complexity index is 646. The van der Waals surface area contributed by atoms with Crippen LogP contribution in [-0.4, -0.2) is 23.5 Å². The molecule has 1 unspecified atom stereocenters. The van der Waals surface area contributed by atoms with E-state index in [0.29, 0.717) is 12.1 Å². The molecule has 4 nitrogen and oxygen atoms in total. The second-order valence-corrected chi connectivity index (χ2v) is 5.54. The lowest BCUT2D eigenvalue weighted by Crippen LogP contribution is -2.34. The van der Waals surface area contributed by atoms with Crippen LogP contribution in [0.5, 0.6) is 5.75 Å². The Balaban J connectivity index is 1.60. The Kier molecular flexibility index (Phi) is 3.99. The summed E-state index contributed by atoms with van der Waals surface area (Å²) >= 11 is 11.6. The number of para-hydroxylation sites is 1. The average Bonchev–Trinajstić information content (AvgIpc) is 2.86. The minimum atomic E-state index is -0.249. The lowest BCUT2D eigenvalue weighted by atomic mass is 10.1. The number of hydrogen-bond acceptors (Lipinski definition) is 3. The van der Waals surface area contributed by atoms with Crippen LogP contribution >= 0.6 is 23.2 Å². The van der Waals surface area contributed by atoms with E-state index in [1.54, 1.807) is 0 Å². The number of fused-ring (bicyclic) bond motifs is 1. The van der Waals surface area contributed by atoms with Crippen LogP contribution in [0.1, 0.15) is 15.9 Å². The van der Waals surface area contributed by atoms with E-state index in [0.717, 1.165) is 17.7 Å². The second-order valence-electron chi connectivity index (χ2n) is 4.76. The number of amides is 1. The topological polar surface area (TPSA) is 51.2 Å². The molecule has 1 N–H and O–H groups in total. The van der Waals surface area contributed by atoms with Crippen molar-refractivity contribution in [1.82, 2.24) is 10.3 Å². The summed E-state index contributed by atoms with van der Waals surface area (Å²) in [5.74, 6) is 0.632. The van der Waals surface area contributed by atoms with E-state index in [2.05, 4.69) is 10.3 Å². The van der Waals surface area contributed by atoms with Gasteiger partial charge in [0.2, 0.25) is 0 Å². The summed E-state index contributed by atoms with van der Waals surface area (Å²) in [7, 11) is 0. The first-order chi connectivity index (χ1) is 10.1. The molecule has 1 aliphatic heterocycles. The van der Waals surface area contributed by atoms with Crippen molar-refractivity contribution in [2.75, 3.05) is 6.54 Å². The maximum Gasteiger partial charge on any atom is 0.251 e. The SMILES string of the molecule is O=C(NCC1Cc2ccccc2O1)c1cc(Cl)nc(Cl)c1. The number of nitrogens with one attached hydrogen (secondary N) is 1. The van der Waals surface area contributed by atoms with Crippen molar-refractivity contribution in [3.05, 3.63) is 57.8 Å². The predicted octanol–water partition coefficient (Wildman–Crippen LogP) is 3.12. The minimum absolute atomic E-state index is 0.0564. The highest BCUT2D eigenvalue weighted by molar-refractivity contribution is 6.33. The number of rotatable bonds is 3. The third-order valence-corrected chi connectivity index (χ3v) is 3.62. The molecule has 1 atom stereocenters. The van der Waals surface area contributed by atoms with Crippen LogP contribution in [0.15, 0.2) is 36.4 Å². The number of ether oxygens (including phenoxy) is 1. The Labute approximate surface area is 132 Å². The molecule has 0 saturated heterocycles. The van der Waals surface area contributed by atoms with Crippen LogP contribution < -0.4 is 10.1 Å². The molecule has 1 aromatic heterocycles. The standard InChI is InChI=1S/C15H12Cl2N2O2/c16-13-6-10(7-14(17)19-13)15(20)18-8-11-5-9-3-1-2-4-12(9)21-11/h1-4,6-7,11H,5,8H2,(H,18,20). The molecular formula is C15H12Cl2N2O2. The third-order valence-electron chi connectivity index (χ3n) is 3.23. The van der Waals surface area contributed by atoms with Crippen molar-refractivity contribution in [2.24, 2.45) is 0 Å². The second kappa shape index (κ2) is 5.92. The Morgan fingerprint density at radius 1 is 1.29 bits per heavy atom. The number of aromatic nitrogens is 1. The summed E-state index contributed by atoms with van der Waals surface area (Å²) in [6, 6.07) is 10.8. The third kappa shape index (κ3) is 3.28. The van der Waals surface area contributed by atoms with Crippen molar-refractivity contribution >= 4 is 29.1 Å². The van der Waals surface area contributed by atoms with Gasteiger partial charge in [-0.25, -0.2) is 4.98 Å². The van der Waals surface area contributed by atoms with Crippen molar-refractivity contribution < 1.29 is 9.53 Å². The summed E-state index contributed by atoms with van der Waals surface area (Å²) in [6.07, 6.45) is 0.730. The fourth-order valence-corrected chi connectivity index (χ4v) is 2.73. The van der Waals surface area contributed by atoms with Gasteiger partial charge in [-0.2, -0.15) is 0 Å². The van der Waals surface area contributed by atoms with Gasteiger partial charge in [0.25, 0.3) is 5.91 Å². The van der Waals surface area contributed by atoms with Crippen LogP contribution in [0.25, 0.3) is 0 Å². The highest BCUT2D eigenvalue weighted by atomic mass is 35.5. The molecule has 0 saturated carbocycles. The molecule has 1 aromatic carbocycles. The van der Waals surface area contributed by atoms with Crippen LogP contribution in [-0.2, 0) is 6.42 Å². The van der Waals surface area contributed by atoms with Crippen molar-refractivity contribution in [1.29, 1.82) is 0 Å². The summed E-state index contributed by atoms with van der Waals surface area (Å²) in [5, 5.41) is 3.20. The van der Waals surface area contributed by atoms with Gasteiger partial charge in [0.1, 0.15) is 22.2 Å². The van der Waals surface area contributed by atoms with E-state index in [9.17, 15) is 4.79 Å². The Morgan fingerprint density at radius 3 is 2.71 bits per heavy atom. The zero-order valence-electron chi connectivity index (χ0n) is 11.0. The van der Waals surface area contributed by atoms with Gasteiger partial charge in [-0.1, -0.05) is 41.4 Å². The van der Waals surface area contributed by atoms with Gasteiger partial charge < -0.3 is 10.1 Å². The number of hydrogen-bond donors (Lipinski definition) is 1. The molecule has 0 fully saturated rings. The summed E-state index contributed by atoms with van der Waals surface area (Å²) in [5.41, 5.74) is 1.54. The molecule has 6 heteroatoms. The zero-order chi connectivity index (χ0) is 14.8. The van der Waals surface area contributed by atoms with Gasteiger partial charge in [-0.3, -0.25) is 4.79 Å². The van der Waals surface area contributed by atoms with Gasteiger partial charge in [-0.05, 0) is 23.8 Å². The fraction of sp³-hybridized carbons (Fsp3) is 0.200. The van der Waals surface area contributed by atoms with Crippen LogP contribution in [0.2, 0.25) is 10.3 Å². The van der Waals surface area contributed by atoms with Crippen molar-refractivity contribution in [2.45, 2.75) is 12.5 Å². The molecule has 1 amide bonds. The quantitative estimate of drug-likeness (QED) is 0.883. The number of carbonyl (C=O) groups excluding carboxylic acids is 1. The fourth-order valence-electron chi connectivity index (χ4n) is 2.27. The summed E-state index contributed by atoms with van der Waals surface area (Å²) < 4.78 is 5.76. The lowest BCUT2D eigenvalue weighted by molar-refractivity contribution is 0.0933. The molecule has 108 valence electrons. The van der Waals surface area contributed by atoms with Crippen molar-refractivity contribution in [3.63, 3.8) is 0 Å². The number of benzene rings is 1. The van der Waals surface area contributed by atoms with Gasteiger partial charge in [0.15, 0.2) is 0 Å². The van der Waals surface area contributed by atoms with Gasteiger partial charge in [-0.15, -0.1) is 0 Å². The maximum atomic E-state index is 12.1. The van der Waals surface area contributed by atoms with E-state index in [-0.39, 0.29) is 22.3 Å². The minimum Gasteiger partial charge on any atom is -0.488 e. The van der Waals surface area contributed by atoms with Gasteiger partial charge >= 0.3 is 0 Å². The first-order valence-corrected chi connectivity index (χ1v) is 7.23. The normalized spacial score (nSPS) is 16.2. The van der Waals surface area contributed by atoms with E-state index < -0.39 is 0 Å². The van der Waals surface area contributed by atoms with Crippen LogP contribution in [0, 0.1) is 0 Å². The van der Waals surface area contributed by atoms with E-state index >= 15 is 0 Å². The molecular weight excluding hydrogens is 311 g/mol. The molecule has 3 rings (SSSR count). The maximum absolute atomic E-state index is 12.1. The first kappa shape index (κ1) is 14.2. The molecule has 2 aromatic rings. The molecule has 0 spiro atoms. The van der Waals surface area contributed by atoms with Crippen LogP contribution in [0.3, 0.4) is 0 Å². The molecule has 1 aliphatic rings. The zero-order valence-corrected chi connectivity index (χ0v) is 12.5. The molecule has 0 radical (unpaired) electrons. The number of nitrogens with zero attached hydrogens (tertiary/aromatic N) is 1. The van der Waals surface area contributed by atoms with Crippen LogP contribution in [0.4, 0.5) is 0 Å². The molecule has 21 heavy (non-hydrogen) atoms. The highest BCUT2D eigenvalue weighted by Gasteiger charge is 2.22. The number of carbonyl (C=O) groups is 1. The average molecular weight is 323 g/mol. The van der Waals surface area contributed by atoms with E-state index in [1.807, 2.05) is 24.3 Å². The van der Waals surface area contributed by atoms with E-state index in [1.165, 1.54) is 12.1 Å². The summed E-state index contributed by atoms with van der Waals surface area (Å²) in [4.78, 5) is 15.9. The summed E-state index contributed by atoms with van der Waals surface area (Å²) in [6.45, 7) is 0.422. The number of halogens is 2. The largest absolute Gasteiger partial charge is 0.488 e. The van der Waals surface area contributed by atoms with Gasteiger partial charge in [0, 0.05) is 12.0 Å². The predicted molar refractivity (Wildman–Crippen MR) is 81.2 cm³/mol. The first-order valence-electron chi connectivity index (χ1n) is 6.47. The smallest absolute Gasteiger partial charge is 0.251 e. The van der Waals surface area contributed by atoms with E-state index in [4.69, 9.17) is 27.9 Å². The molecule has 0 bridgehead atoms. The lowest BCUT2D eigenvalue weighted by Gasteiger charge is -2.12.